The molecule has 0 spiro atoms. The van der Waals surface area contributed by atoms with E-state index in [1.807, 2.05) is 14.1 Å². The molecule has 0 radical (unpaired) electrons. The van der Waals surface area contributed by atoms with Gasteiger partial charge in [-0.05, 0) is 45.3 Å². The molecule has 0 bridgehead atoms. The largest absolute Gasteiger partial charge is 0.383 e. The lowest BCUT2D eigenvalue weighted by Crippen LogP contribution is -2.31. The number of nitrogens with zero attached hydrogens (tertiary/aromatic N) is 1. The molecule has 1 rings (SSSR count). The van der Waals surface area contributed by atoms with Crippen molar-refractivity contribution >= 4 is 15.7 Å². The van der Waals surface area contributed by atoms with Crippen molar-refractivity contribution in [3.05, 3.63) is 24.3 Å². The number of hydrogen-bond donors (Lipinski definition) is 2. The smallest absolute Gasteiger partial charge is 0.238 e. The lowest BCUT2D eigenvalue weighted by molar-refractivity contribution is 0.326. The van der Waals surface area contributed by atoms with E-state index in [2.05, 4.69) is 17.1 Å². The van der Waals surface area contributed by atoms with Crippen LogP contribution in [0.1, 0.15) is 6.92 Å². The molecule has 0 aliphatic heterocycles. The van der Waals surface area contributed by atoms with Crippen molar-refractivity contribution in [1.82, 2.24) is 4.90 Å². The van der Waals surface area contributed by atoms with E-state index in [0.29, 0.717) is 6.04 Å². The summed E-state index contributed by atoms with van der Waals surface area (Å²) in [6.07, 6.45) is 0. The van der Waals surface area contributed by atoms with Gasteiger partial charge in [-0.15, -0.1) is 0 Å². The summed E-state index contributed by atoms with van der Waals surface area (Å²) >= 11 is 0. The Hall–Kier alpha value is -1.11. The second kappa shape index (κ2) is 5.48. The van der Waals surface area contributed by atoms with Crippen LogP contribution in [0.25, 0.3) is 0 Å². The fraction of sp³-hybridized carbons (Fsp3) is 0.455. The van der Waals surface area contributed by atoms with E-state index < -0.39 is 10.0 Å². The fourth-order valence-corrected chi connectivity index (χ4v) is 1.73. The summed E-state index contributed by atoms with van der Waals surface area (Å²) in [4.78, 5) is 2.23. The van der Waals surface area contributed by atoms with Gasteiger partial charge in [0.15, 0.2) is 0 Å². The maximum Gasteiger partial charge on any atom is 0.238 e. The lowest BCUT2D eigenvalue weighted by Gasteiger charge is -2.20. The summed E-state index contributed by atoms with van der Waals surface area (Å²) in [5.41, 5.74) is 0.881. The molecule has 0 amide bonds. The van der Waals surface area contributed by atoms with Gasteiger partial charge in [0.25, 0.3) is 0 Å². The van der Waals surface area contributed by atoms with Crippen LogP contribution in [0, 0.1) is 0 Å². The van der Waals surface area contributed by atoms with Gasteiger partial charge in [-0.2, -0.15) is 0 Å². The van der Waals surface area contributed by atoms with Gasteiger partial charge >= 0.3 is 0 Å². The fourth-order valence-electron chi connectivity index (χ4n) is 1.21. The normalized spacial score (nSPS) is 13.7. The molecular weight excluding hydrogens is 238 g/mol. The van der Waals surface area contributed by atoms with Crippen LogP contribution >= 0.6 is 0 Å². The maximum absolute atomic E-state index is 11.1. The van der Waals surface area contributed by atoms with Gasteiger partial charge in [0.05, 0.1) is 4.90 Å². The van der Waals surface area contributed by atoms with Crippen LogP contribution in [-0.4, -0.2) is 40.0 Å². The summed E-state index contributed by atoms with van der Waals surface area (Å²) in [5.74, 6) is 0. The molecule has 0 saturated carbocycles. The number of benzene rings is 1. The van der Waals surface area contributed by atoms with Gasteiger partial charge in [-0.25, -0.2) is 13.6 Å². The third-order valence-corrected chi connectivity index (χ3v) is 3.60. The Balaban J connectivity index is 2.64. The van der Waals surface area contributed by atoms with E-state index in [0.717, 1.165) is 12.2 Å². The van der Waals surface area contributed by atoms with Crippen LogP contribution in [0.5, 0.6) is 0 Å². The highest BCUT2D eigenvalue weighted by molar-refractivity contribution is 7.89. The number of hydrogen-bond acceptors (Lipinski definition) is 4. The number of anilines is 1. The zero-order chi connectivity index (χ0) is 13.1. The zero-order valence-corrected chi connectivity index (χ0v) is 11.2. The maximum atomic E-state index is 11.1. The zero-order valence-electron chi connectivity index (χ0n) is 10.3. The number of likely N-dealkylation sites (N-methyl/N-ethyl adjacent to an activating group) is 1. The van der Waals surface area contributed by atoms with Crippen molar-refractivity contribution in [2.45, 2.75) is 17.9 Å². The summed E-state index contributed by atoms with van der Waals surface area (Å²) in [7, 11) is 0.420. The lowest BCUT2D eigenvalue weighted by atomic mass is 10.3. The van der Waals surface area contributed by atoms with Gasteiger partial charge in [-0.3, -0.25) is 0 Å². The summed E-state index contributed by atoms with van der Waals surface area (Å²) in [5, 5.41) is 8.24. The molecule has 0 aromatic heterocycles. The van der Waals surface area contributed by atoms with Crippen LogP contribution < -0.4 is 10.5 Å². The predicted molar refractivity (Wildman–Crippen MR) is 69.5 cm³/mol. The minimum atomic E-state index is -3.60. The van der Waals surface area contributed by atoms with Gasteiger partial charge in [-0.1, -0.05) is 0 Å². The first-order chi connectivity index (χ1) is 7.80. The molecule has 1 unspecified atom stereocenters. The highest BCUT2D eigenvalue weighted by Gasteiger charge is 2.07. The molecule has 0 aliphatic carbocycles. The number of nitrogens with one attached hydrogen (secondary N) is 1. The molecule has 1 aromatic carbocycles. The molecule has 0 fully saturated rings. The minimum absolute atomic E-state index is 0.128. The van der Waals surface area contributed by atoms with Crippen LogP contribution in [0.15, 0.2) is 29.2 Å². The minimum Gasteiger partial charge on any atom is -0.383 e. The Labute approximate surface area is 103 Å². The van der Waals surface area contributed by atoms with Crippen LogP contribution in [0.4, 0.5) is 5.69 Å². The summed E-state index contributed by atoms with van der Waals surface area (Å²) in [6, 6.07) is 6.81. The van der Waals surface area contributed by atoms with E-state index in [4.69, 9.17) is 5.14 Å². The summed E-state index contributed by atoms with van der Waals surface area (Å²) < 4.78 is 22.1. The Morgan fingerprint density at radius 2 is 1.82 bits per heavy atom. The van der Waals surface area contributed by atoms with E-state index >= 15 is 0 Å². The third-order valence-electron chi connectivity index (χ3n) is 2.67. The van der Waals surface area contributed by atoms with Crippen LogP contribution in [-0.2, 0) is 10.0 Å². The quantitative estimate of drug-likeness (QED) is 0.814. The predicted octanol–water partition coefficient (Wildman–Crippen LogP) is 0.696. The number of nitrogens with two attached hydrogens (primary N) is 1. The first-order valence-corrected chi connectivity index (χ1v) is 6.88. The first kappa shape index (κ1) is 14.0. The molecule has 1 aromatic rings. The molecule has 6 heteroatoms. The molecule has 1 atom stereocenters. The first-order valence-electron chi connectivity index (χ1n) is 5.34. The molecular formula is C11H19N3O2S. The second-order valence-corrected chi connectivity index (χ2v) is 5.82. The van der Waals surface area contributed by atoms with Crippen molar-refractivity contribution in [2.75, 3.05) is 26.0 Å². The van der Waals surface area contributed by atoms with Gasteiger partial charge in [0, 0.05) is 18.3 Å². The molecule has 0 aliphatic rings. The number of primary sulfonamides is 1. The van der Waals surface area contributed by atoms with Crippen molar-refractivity contribution in [1.29, 1.82) is 0 Å². The van der Waals surface area contributed by atoms with Crippen molar-refractivity contribution in [3.63, 3.8) is 0 Å². The highest BCUT2D eigenvalue weighted by Crippen LogP contribution is 2.12. The molecule has 0 saturated heterocycles. The Kier molecular flexibility index (Phi) is 4.50. The Morgan fingerprint density at radius 1 is 1.29 bits per heavy atom. The van der Waals surface area contributed by atoms with Crippen molar-refractivity contribution in [2.24, 2.45) is 5.14 Å². The highest BCUT2D eigenvalue weighted by atomic mass is 32.2. The Bertz CT molecular complexity index is 454. The average Bonchev–Trinajstić information content (AvgIpc) is 2.25. The average molecular weight is 257 g/mol. The van der Waals surface area contributed by atoms with E-state index in [1.165, 1.54) is 12.1 Å². The van der Waals surface area contributed by atoms with E-state index in [9.17, 15) is 8.42 Å². The molecule has 17 heavy (non-hydrogen) atoms. The number of rotatable bonds is 5. The van der Waals surface area contributed by atoms with Gasteiger partial charge < -0.3 is 10.2 Å². The molecule has 5 nitrogen and oxygen atoms in total. The van der Waals surface area contributed by atoms with E-state index in [-0.39, 0.29) is 4.90 Å². The molecule has 0 heterocycles. The summed E-state index contributed by atoms with van der Waals surface area (Å²) in [6.45, 7) is 2.90. The van der Waals surface area contributed by atoms with Crippen LogP contribution in [0.3, 0.4) is 0 Å². The van der Waals surface area contributed by atoms with E-state index in [1.54, 1.807) is 12.1 Å². The number of sulfonamides is 1. The monoisotopic (exact) mass is 257 g/mol. The SMILES string of the molecule is CC(CNc1ccc(S(N)(=O)=O)cc1)N(C)C. The second-order valence-electron chi connectivity index (χ2n) is 4.26. The van der Waals surface area contributed by atoms with Crippen LogP contribution in [0.2, 0.25) is 0 Å². The molecule has 96 valence electrons. The molecule has 3 N–H and O–H groups in total. The van der Waals surface area contributed by atoms with Gasteiger partial charge in [0.1, 0.15) is 0 Å². The van der Waals surface area contributed by atoms with Crippen molar-refractivity contribution in [3.8, 4) is 0 Å². The standard InChI is InChI=1S/C11H19N3O2S/c1-9(14(2)3)8-13-10-4-6-11(7-5-10)17(12,15)16/h4-7,9,13H,8H2,1-3H3,(H2,12,15,16). The third kappa shape index (κ3) is 4.33. The topological polar surface area (TPSA) is 75.4 Å². The van der Waals surface area contributed by atoms with Crippen molar-refractivity contribution < 1.29 is 8.42 Å². The Morgan fingerprint density at radius 3 is 2.24 bits per heavy atom. The van der Waals surface area contributed by atoms with Gasteiger partial charge in [0.2, 0.25) is 10.0 Å².